The van der Waals surface area contributed by atoms with E-state index in [4.69, 9.17) is 11.3 Å². The summed E-state index contributed by atoms with van der Waals surface area (Å²) >= 11 is 0. The molecule has 1 aliphatic heterocycles. The molecular weight excluding hydrogens is 282 g/mol. The van der Waals surface area contributed by atoms with Crippen molar-refractivity contribution in [2.75, 3.05) is 6.61 Å². The minimum atomic E-state index is -0.164. The zero-order valence-corrected chi connectivity index (χ0v) is 15.1. The maximum atomic E-state index is 7.72. The van der Waals surface area contributed by atoms with Crippen molar-refractivity contribution >= 4 is 0 Å². The van der Waals surface area contributed by atoms with Crippen molar-refractivity contribution in [3.63, 3.8) is 0 Å². The number of allylic oxidation sites excluding steroid dienone is 3. The predicted octanol–water partition coefficient (Wildman–Crippen LogP) is 5.42. The Kier molecular flexibility index (Phi) is 4.45. The molecule has 1 saturated carbocycles. The van der Waals surface area contributed by atoms with Gasteiger partial charge in [-0.25, -0.2) is 6.57 Å². The topological polar surface area (TPSA) is 16.9 Å². The molecule has 2 fully saturated rings. The molecule has 3 aliphatic rings. The van der Waals surface area contributed by atoms with Gasteiger partial charge < -0.3 is 9.58 Å². The molecule has 0 amide bonds. The largest absolute Gasteiger partial charge is 0.369 e. The molecule has 126 valence electrons. The van der Waals surface area contributed by atoms with Crippen LogP contribution in [0, 0.1) is 30.2 Å². The van der Waals surface area contributed by atoms with E-state index < -0.39 is 0 Å². The first-order valence-corrected chi connectivity index (χ1v) is 9.27. The summed E-state index contributed by atoms with van der Waals surface area (Å²) in [4.78, 5) is 4.08. The van der Waals surface area contributed by atoms with Crippen LogP contribution in [0.4, 0.5) is 0 Å². The second-order valence-electron chi connectivity index (χ2n) is 8.58. The van der Waals surface area contributed by atoms with Gasteiger partial charge in [-0.2, -0.15) is 0 Å². The number of rotatable bonds is 4. The van der Waals surface area contributed by atoms with Gasteiger partial charge in [0.1, 0.15) is 0 Å². The summed E-state index contributed by atoms with van der Waals surface area (Å²) in [5.74, 6) is 2.24. The Balaban J connectivity index is 1.83. The van der Waals surface area contributed by atoms with Crippen molar-refractivity contribution in [3.05, 3.63) is 35.2 Å². The Hall–Kier alpha value is -1.07. The summed E-state index contributed by atoms with van der Waals surface area (Å²) in [5.41, 5.74) is 1.41. The van der Waals surface area contributed by atoms with E-state index in [1.165, 1.54) is 18.4 Å². The van der Waals surface area contributed by atoms with Gasteiger partial charge in [-0.3, -0.25) is 0 Å². The minimum absolute atomic E-state index is 0.0613. The summed E-state index contributed by atoms with van der Waals surface area (Å²) in [7, 11) is 0. The van der Waals surface area contributed by atoms with E-state index in [1.807, 2.05) is 0 Å². The smallest absolute Gasteiger partial charge is 0.233 e. The zero-order valence-electron chi connectivity index (χ0n) is 15.1. The molecule has 0 spiro atoms. The monoisotopic (exact) mass is 313 g/mol. The third kappa shape index (κ3) is 3.13. The molecular formula is C21H31NO. The quantitative estimate of drug-likeness (QED) is 0.385. The van der Waals surface area contributed by atoms with E-state index in [-0.39, 0.29) is 11.1 Å². The Labute approximate surface area is 141 Å². The molecule has 1 heterocycles. The summed E-state index contributed by atoms with van der Waals surface area (Å²) in [6, 6.07) is 0. The molecule has 0 aromatic rings. The summed E-state index contributed by atoms with van der Waals surface area (Å²) in [6.45, 7) is 17.5. The van der Waals surface area contributed by atoms with E-state index in [9.17, 15) is 0 Å². The van der Waals surface area contributed by atoms with Crippen LogP contribution in [0.25, 0.3) is 4.85 Å². The number of fused-ring (bicyclic) bond motifs is 1. The lowest BCUT2D eigenvalue weighted by atomic mass is 9.56. The highest BCUT2D eigenvalue weighted by Crippen LogP contribution is 2.56. The van der Waals surface area contributed by atoms with Gasteiger partial charge in [-0.1, -0.05) is 37.6 Å². The van der Waals surface area contributed by atoms with Crippen LogP contribution in [-0.4, -0.2) is 17.7 Å². The van der Waals surface area contributed by atoms with E-state index in [0.717, 1.165) is 25.9 Å². The third-order valence-corrected chi connectivity index (χ3v) is 6.45. The van der Waals surface area contributed by atoms with Crippen LogP contribution in [0.1, 0.15) is 59.8 Å². The SMILES string of the molecule is [C-]#[N+][C@@]1(C)CC[C@H](C2(C/C=C/C(C)C)CO2)[C@H]2C=C(C)CC[C@@H]21. The molecule has 0 aromatic carbocycles. The molecule has 2 nitrogen and oxygen atoms in total. The summed E-state index contributed by atoms with van der Waals surface area (Å²) in [5, 5.41) is 0. The molecule has 0 aromatic heterocycles. The maximum Gasteiger partial charge on any atom is 0.233 e. The minimum Gasteiger partial charge on any atom is -0.369 e. The molecule has 23 heavy (non-hydrogen) atoms. The normalized spacial score (nSPS) is 43.1. The molecule has 0 radical (unpaired) electrons. The van der Waals surface area contributed by atoms with Crippen LogP contribution >= 0.6 is 0 Å². The molecule has 1 saturated heterocycles. The Morgan fingerprint density at radius 3 is 2.74 bits per heavy atom. The fourth-order valence-electron chi connectivity index (χ4n) is 4.92. The van der Waals surface area contributed by atoms with Crippen molar-refractivity contribution in [1.82, 2.24) is 0 Å². The van der Waals surface area contributed by atoms with Gasteiger partial charge in [0, 0.05) is 19.3 Å². The van der Waals surface area contributed by atoms with Gasteiger partial charge >= 0.3 is 0 Å². The molecule has 5 atom stereocenters. The number of nitrogens with zero attached hydrogens (tertiary/aromatic N) is 1. The molecule has 2 heteroatoms. The standard InChI is InChI=1S/C21H31NO/c1-15(2)7-6-11-21(14-23-21)19-10-12-20(4,22-5)18-9-8-16(3)13-17(18)19/h6-7,13,15,17-19H,8-12,14H2,1-4H3/b7-6+/t17-,18-,19-,20-,21?/m0/s1. The van der Waals surface area contributed by atoms with E-state index in [0.29, 0.717) is 23.7 Å². The van der Waals surface area contributed by atoms with E-state index in [2.05, 4.69) is 50.8 Å². The maximum absolute atomic E-state index is 7.72. The first-order chi connectivity index (χ1) is 10.9. The lowest BCUT2D eigenvalue weighted by Crippen LogP contribution is -2.49. The molecule has 3 rings (SSSR count). The number of epoxide rings is 1. The van der Waals surface area contributed by atoms with Crippen LogP contribution in [-0.2, 0) is 4.74 Å². The number of hydrogen-bond acceptors (Lipinski definition) is 1. The number of ether oxygens (including phenoxy) is 1. The third-order valence-electron chi connectivity index (χ3n) is 6.45. The van der Waals surface area contributed by atoms with E-state index >= 15 is 0 Å². The fraction of sp³-hybridized carbons (Fsp3) is 0.762. The van der Waals surface area contributed by atoms with Gasteiger partial charge in [0.05, 0.1) is 12.2 Å². The average Bonchev–Trinajstić information content (AvgIpc) is 3.27. The fourth-order valence-corrected chi connectivity index (χ4v) is 4.92. The predicted molar refractivity (Wildman–Crippen MR) is 95.0 cm³/mol. The van der Waals surface area contributed by atoms with Crippen molar-refractivity contribution in [2.45, 2.75) is 70.9 Å². The van der Waals surface area contributed by atoms with Crippen molar-refractivity contribution in [2.24, 2.45) is 23.7 Å². The van der Waals surface area contributed by atoms with Crippen LogP contribution in [0.15, 0.2) is 23.8 Å². The van der Waals surface area contributed by atoms with Gasteiger partial charge in [-0.15, -0.1) is 0 Å². The van der Waals surface area contributed by atoms with E-state index in [1.54, 1.807) is 0 Å². The van der Waals surface area contributed by atoms with Gasteiger partial charge in [0.2, 0.25) is 5.54 Å². The Bertz CT molecular complexity index is 549. The molecule has 2 aliphatic carbocycles. The Morgan fingerprint density at radius 2 is 2.13 bits per heavy atom. The second kappa shape index (κ2) is 6.10. The van der Waals surface area contributed by atoms with Crippen molar-refractivity contribution < 1.29 is 4.74 Å². The van der Waals surface area contributed by atoms with Crippen LogP contribution in [0.2, 0.25) is 0 Å². The second-order valence-corrected chi connectivity index (χ2v) is 8.58. The van der Waals surface area contributed by atoms with Gasteiger partial charge in [0.15, 0.2) is 0 Å². The van der Waals surface area contributed by atoms with Crippen LogP contribution in [0.3, 0.4) is 0 Å². The van der Waals surface area contributed by atoms with Gasteiger partial charge in [0.25, 0.3) is 0 Å². The first-order valence-electron chi connectivity index (χ1n) is 9.27. The lowest BCUT2D eigenvalue weighted by molar-refractivity contribution is 0.0562. The van der Waals surface area contributed by atoms with Crippen LogP contribution < -0.4 is 0 Å². The Morgan fingerprint density at radius 1 is 1.39 bits per heavy atom. The summed E-state index contributed by atoms with van der Waals surface area (Å²) in [6.07, 6.45) is 12.7. The zero-order chi connectivity index (χ0) is 16.7. The van der Waals surface area contributed by atoms with Crippen molar-refractivity contribution in [3.8, 4) is 0 Å². The first kappa shape index (κ1) is 16.8. The number of hydrogen-bond donors (Lipinski definition) is 0. The van der Waals surface area contributed by atoms with Crippen molar-refractivity contribution in [1.29, 1.82) is 0 Å². The average molecular weight is 313 g/mol. The highest BCUT2D eigenvalue weighted by Gasteiger charge is 2.60. The molecule has 0 N–H and O–H groups in total. The highest BCUT2D eigenvalue weighted by molar-refractivity contribution is 5.21. The van der Waals surface area contributed by atoms with Crippen LogP contribution in [0.5, 0.6) is 0 Å². The molecule has 0 bridgehead atoms. The van der Waals surface area contributed by atoms with Gasteiger partial charge in [-0.05, 0) is 50.4 Å². The molecule has 1 unspecified atom stereocenters. The highest BCUT2D eigenvalue weighted by atomic mass is 16.6. The lowest BCUT2D eigenvalue weighted by Gasteiger charge is -2.46. The summed E-state index contributed by atoms with van der Waals surface area (Å²) < 4.78 is 6.05.